The third-order valence-electron chi connectivity index (χ3n) is 4.80. The number of hydrazine groups is 1. The first-order valence-corrected chi connectivity index (χ1v) is 11.5. The lowest BCUT2D eigenvalue weighted by molar-refractivity contribution is -0.170. The molecule has 2 fully saturated rings. The molecule has 2 aliphatic rings. The molecule has 8 heteroatoms. The summed E-state index contributed by atoms with van der Waals surface area (Å²) in [4.78, 5) is 26.3. The Morgan fingerprint density at radius 2 is 1.00 bits per heavy atom. The third kappa shape index (κ3) is 3.52. The molecular formula is C20H18Cl2N2O2S2. The number of hydrogen-bond acceptors (Lipinski definition) is 4. The molecule has 4 nitrogen and oxygen atoms in total. The van der Waals surface area contributed by atoms with Crippen molar-refractivity contribution in [1.82, 2.24) is 10.0 Å². The van der Waals surface area contributed by atoms with Gasteiger partial charge >= 0.3 is 0 Å². The SMILES string of the molecule is CC1SC(c2ccc(Cl)cc2)N2C(=O)C(C)SC(c3ccc(Cl)cc3)N2C1=O. The van der Waals surface area contributed by atoms with Crippen molar-refractivity contribution in [2.45, 2.75) is 35.1 Å². The number of carbonyl (C=O) groups excluding carboxylic acids is 2. The van der Waals surface area contributed by atoms with E-state index in [1.54, 1.807) is 10.0 Å². The van der Waals surface area contributed by atoms with E-state index in [0.29, 0.717) is 10.0 Å². The van der Waals surface area contributed by atoms with Crippen LogP contribution in [-0.2, 0) is 9.59 Å². The maximum absolute atomic E-state index is 13.1. The van der Waals surface area contributed by atoms with E-state index in [0.717, 1.165) is 11.1 Å². The number of amides is 2. The molecule has 2 aromatic rings. The van der Waals surface area contributed by atoms with E-state index in [-0.39, 0.29) is 33.1 Å². The van der Waals surface area contributed by atoms with Crippen LogP contribution in [0.4, 0.5) is 0 Å². The lowest BCUT2D eigenvalue weighted by atomic mass is 10.2. The van der Waals surface area contributed by atoms with Gasteiger partial charge < -0.3 is 0 Å². The summed E-state index contributed by atoms with van der Waals surface area (Å²) in [7, 11) is 0. The normalized spacial score (nSPS) is 27.7. The topological polar surface area (TPSA) is 40.6 Å². The highest BCUT2D eigenvalue weighted by Gasteiger charge is 2.50. The zero-order chi connectivity index (χ0) is 20.0. The van der Waals surface area contributed by atoms with Crippen LogP contribution in [0.15, 0.2) is 48.5 Å². The van der Waals surface area contributed by atoms with Crippen molar-refractivity contribution >= 4 is 58.5 Å². The van der Waals surface area contributed by atoms with Gasteiger partial charge in [-0.1, -0.05) is 47.5 Å². The van der Waals surface area contributed by atoms with Crippen molar-refractivity contribution in [3.05, 3.63) is 69.7 Å². The first kappa shape index (κ1) is 20.0. The molecule has 0 saturated carbocycles. The van der Waals surface area contributed by atoms with Crippen molar-refractivity contribution in [3.63, 3.8) is 0 Å². The quantitative estimate of drug-likeness (QED) is 0.599. The molecule has 0 bridgehead atoms. The molecule has 0 N–H and O–H groups in total. The minimum absolute atomic E-state index is 0.0667. The molecule has 2 amide bonds. The zero-order valence-corrected chi connectivity index (χ0v) is 18.4. The van der Waals surface area contributed by atoms with Crippen molar-refractivity contribution in [2.24, 2.45) is 0 Å². The first-order chi connectivity index (χ1) is 13.4. The number of carbonyl (C=O) groups is 2. The number of fused-ring (bicyclic) bond motifs is 1. The Bertz CT molecular complexity index is 832. The minimum Gasteiger partial charge on any atom is -0.272 e. The van der Waals surface area contributed by atoms with Crippen LogP contribution in [0, 0.1) is 0 Å². The maximum atomic E-state index is 13.1. The summed E-state index contributed by atoms with van der Waals surface area (Å²) in [5, 5.41) is 3.44. The standard InChI is InChI=1S/C20H18Cl2N2O2S2/c1-11-17(25)23-20(14-5-9-16(22)10-6-14)28-12(2)18(26)24(23)19(27-11)13-3-7-15(21)8-4-13/h3-12,19-20H,1-2H3. The lowest BCUT2D eigenvalue weighted by Crippen LogP contribution is -2.61. The molecular weight excluding hydrogens is 435 g/mol. The number of rotatable bonds is 2. The van der Waals surface area contributed by atoms with E-state index in [9.17, 15) is 9.59 Å². The Morgan fingerprint density at radius 3 is 1.32 bits per heavy atom. The Kier molecular flexibility index (Phi) is 5.58. The van der Waals surface area contributed by atoms with Gasteiger partial charge in [0, 0.05) is 10.0 Å². The number of nitrogens with zero attached hydrogens (tertiary/aromatic N) is 2. The van der Waals surface area contributed by atoms with Gasteiger partial charge in [-0.15, -0.1) is 23.5 Å². The highest BCUT2D eigenvalue weighted by Crippen LogP contribution is 2.51. The number of thioether (sulfide) groups is 2. The average Bonchev–Trinajstić information content (AvgIpc) is 2.68. The predicted molar refractivity (Wildman–Crippen MR) is 116 cm³/mol. The summed E-state index contributed by atoms with van der Waals surface area (Å²) in [6, 6.07) is 14.9. The smallest absolute Gasteiger partial charge is 0.255 e. The van der Waals surface area contributed by atoms with Crippen LogP contribution in [-0.4, -0.2) is 32.3 Å². The summed E-state index contributed by atoms with van der Waals surface area (Å²) in [6.45, 7) is 3.78. The molecule has 0 spiro atoms. The maximum Gasteiger partial charge on any atom is 0.255 e. The van der Waals surface area contributed by atoms with Crippen LogP contribution in [0.5, 0.6) is 0 Å². The Hall–Kier alpha value is -1.34. The van der Waals surface area contributed by atoms with Crippen molar-refractivity contribution in [1.29, 1.82) is 0 Å². The van der Waals surface area contributed by atoms with Gasteiger partial charge in [0.2, 0.25) is 0 Å². The number of hydrogen-bond donors (Lipinski definition) is 0. The van der Waals surface area contributed by atoms with Crippen molar-refractivity contribution in [2.75, 3.05) is 0 Å². The van der Waals surface area contributed by atoms with Gasteiger partial charge in [0.25, 0.3) is 11.8 Å². The summed E-state index contributed by atoms with van der Waals surface area (Å²) < 4.78 is 0. The number of halogens is 2. The van der Waals surface area contributed by atoms with Gasteiger partial charge in [0.1, 0.15) is 10.7 Å². The van der Waals surface area contributed by atoms with E-state index in [1.165, 1.54) is 23.5 Å². The van der Waals surface area contributed by atoms with Gasteiger partial charge in [-0.25, -0.2) is 10.0 Å². The van der Waals surface area contributed by atoms with Gasteiger partial charge in [0.15, 0.2) is 0 Å². The highest BCUT2D eigenvalue weighted by molar-refractivity contribution is 8.01. The second kappa shape index (κ2) is 7.82. The summed E-state index contributed by atoms with van der Waals surface area (Å²) in [5.41, 5.74) is 1.89. The van der Waals surface area contributed by atoms with Gasteiger partial charge in [-0.2, -0.15) is 0 Å². The second-order valence-electron chi connectivity index (χ2n) is 6.73. The van der Waals surface area contributed by atoms with E-state index >= 15 is 0 Å². The monoisotopic (exact) mass is 452 g/mol. The molecule has 2 aliphatic heterocycles. The highest BCUT2D eigenvalue weighted by atomic mass is 35.5. The van der Waals surface area contributed by atoms with E-state index in [1.807, 2.05) is 62.4 Å². The largest absolute Gasteiger partial charge is 0.272 e. The summed E-state index contributed by atoms with van der Waals surface area (Å²) >= 11 is 15.1. The Morgan fingerprint density at radius 1 is 0.679 bits per heavy atom. The number of benzene rings is 2. The van der Waals surface area contributed by atoms with Gasteiger partial charge in [-0.3, -0.25) is 9.59 Å². The molecule has 2 aromatic carbocycles. The van der Waals surface area contributed by atoms with Crippen LogP contribution in [0.1, 0.15) is 35.7 Å². The van der Waals surface area contributed by atoms with Gasteiger partial charge in [-0.05, 0) is 49.2 Å². The molecule has 28 heavy (non-hydrogen) atoms. The Labute approximate surface area is 182 Å². The second-order valence-corrected chi connectivity index (χ2v) is 10.5. The lowest BCUT2D eigenvalue weighted by Gasteiger charge is -2.52. The fourth-order valence-corrected chi connectivity index (χ4v) is 6.10. The molecule has 4 atom stereocenters. The van der Waals surface area contributed by atoms with Crippen LogP contribution in [0.3, 0.4) is 0 Å². The van der Waals surface area contributed by atoms with Crippen LogP contribution >= 0.6 is 46.7 Å². The van der Waals surface area contributed by atoms with Crippen LogP contribution in [0.2, 0.25) is 10.0 Å². The molecule has 0 aromatic heterocycles. The molecule has 146 valence electrons. The zero-order valence-electron chi connectivity index (χ0n) is 15.2. The van der Waals surface area contributed by atoms with Crippen LogP contribution < -0.4 is 0 Å². The molecule has 4 unspecified atom stereocenters. The molecule has 2 heterocycles. The Balaban J connectivity index is 1.79. The molecule has 2 saturated heterocycles. The summed E-state index contributed by atoms with van der Waals surface area (Å²) in [6.07, 6.45) is 0. The van der Waals surface area contributed by atoms with Gasteiger partial charge in [0.05, 0.1) is 10.5 Å². The van der Waals surface area contributed by atoms with Crippen LogP contribution in [0.25, 0.3) is 0 Å². The first-order valence-electron chi connectivity index (χ1n) is 8.84. The molecule has 0 radical (unpaired) electrons. The van der Waals surface area contributed by atoms with E-state index in [2.05, 4.69) is 0 Å². The minimum atomic E-state index is -0.282. The molecule has 4 rings (SSSR count). The fourth-order valence-electron chi connectivity index (χ4n) is 3.35. The fraction of sp³-hybridized carbons (Fsp3) is 0.300. The molecule has 0 aliphatic carbocycles. The van der Waals surface area contributed by atoms with Crippen molar-refractivity contribution in [3.8, 4) is 0 Å². The summed E-state index contributed by atoms with van der Waals surface area (Å²) in [5.74, 6) is -0.133. The average molecular weight is 453 g/mol. The predicted octanol–water partition coefficient (Wildman–Crippen LogP) is 5.53. The van der Waals surface area contributed by atoms with Crippen molar-refractivity contribution < 1.29 is 9.59 Å². The third-order valence-corrected chi connectivity index (χ3v) is 7.98. The van der Waals surface area contributed by atoms with E-state index in [4.69, 9.17) is 23.2 Å². The van der Waals surface area contributed by atoms with E-state index < -0.39 is 0 Å².